The van der Waals surface area contributed by atoms with Gasteiger partial charge in [-0.2, -0.15) is 0 Å². The van der Waals surface area contributed by atoms with Gasteiger partial charge in [0, 0.05) is 56.0 Å². The van der Waals surface area contributed by atoms with E-state index < -0.39 is 0 Å². The van der Waals surface area contributed by atoms with Crippen molar-refractivity contribution in [2.75, 3.05) is 59.1 Å². The van der Waals surface area contributed by atoms with Crippen molar-refractivity contribution >= 4 is 21.6 Å². The molecule has 2 rings (SSSR count). The van der Waals surface area contributed by atoms with Gasteiger partial charge in [0.1, 0.15) is 0 Å². The molecule has 0 bridgehead atoms. The second-order valence-corrected chi connectivity index (χ2v) is 6.63. The van der Waals surface area contributed by atoms with Crippen LogP contribution in [0.5, 0.6) is 0 Å². The zero-order valence-electron chi connectivity index (χ0n) is 12.5. The minimum Gasteiger partial charge on any atom is -0.399 e. The molecule has 0 amide bonds. The van der Waals surface area contributed by atoms with E-state index in [0.717, 1.165) is 49.4 Å². The summed E-state index contributed by atoms with van der Waals surface area (Å²) in [5.41, 5.74) is 7.99. The lowest BCUT2D eigenvalue weighted by atomic mass is 10.1. The summed E-state index contributed by atoms with van der Waals surface area (Å²) in [6, 6.07) is 6.05. The van der Waals surface area contributed by atoms with E-state index in [-0.39, 0.29) is 0 Å². The van der Waals surface area contributed by atoms with Gasteiger partial charge in [0.2, 0.25) is 0 Å². The second-order valence-electron chi connectivity index (χ2n) is 5.77. The van der Waals surface area contributed by atoms with E-state index >= 15 is 0 Å². The summed E-state index contributed by atoms with van der Waals surface area (Å²) in [5.74, 6) is 0. The molecule has 0 aliphatic carbocycles. The minimum absolute atomic E-state index is 0.841. The van der Waals surface area contributed by atoms with Gasteiger partial charge in [-0.3, -0.25) is 9.80 Å². The lowest BCUT2D eigenvalue weighted by molar-refractivity contribution is 0.120. The average Bonchev–Trinajstić information content (AvgIpc) is 2.42. The van der Waals surface area contributed by atoms with Crippen LogP contribution in [0.2, 0.25) is 0 Å². The summed E-state index contributed by atoms with van der Waals surface area (Å²) in [5, 5.41) is 0. The van der Waals surface area contributed by atoms with E-state index in [4.69, 9.17) is 5.73 Å². The maximum atomic E-state index is 5.87. The molecular formula is C15H25BrN4. The quantitative estimate of drug-likeness (QED) is 0.828. The zero-order valence-corrected chi connectivity index (χ0v) is 14.1. The van der Waals surface area contributed by atoms with Crippen LogP contribution in [0.25, 0.3) is 0 Å². The third kappa shape index (κ3) is 4.74. The standard InChI is InChI=1S/C15H25BrN4/c1-18(2)5-6-19-7-9-20(10-8-19)12-13-11-14(17)3-4-15(13)16/h3-4,11H,5-10,12,17H2,1-2H3. The molecule has 1 saturated heterocycles. The Hall–Kier alpha value is -0.620. The largest absolute Gasteiger partial charge is 0.399 e. The highest BCUT2D eigenvalue weighted by molar-refractivity contribution is 9.10. The van der Waals surface area contributed by atoms with Crippen LogP contribution in [0.4, 0.5) is 5.69 Å². The first-order valence-electron chi connectivity index (χ1n) is 7.18. The average molecular weight is 341 g/mol. The molecular weight excluding hydrogens is 316 g/mol. The van der Waals surface area contributed by atoms with Gasteiger partial charge < -0.3 is 10.6 Å². The summed E-state index contributed by atoms with van der Waals surface area (Å²) < 4.78 is 1.15. The van der Waals surface area contributed by atoms with Crippen LogP contribution in [0.1, 0.15) is 5.56 Å². The lowest BCUT2D eigenvalue weighted by Crippen LogP contribution is -2.47. The number of rotatable bonds is 5. The van der Waals surface area contributed by atoms with Crippen LogP contribution in [-0.2, 0) is 6.54 Å². The molecule has 0 aromatic heterocycles. The number of anilines is 1. The first-order chi connectivity index (χ1) is 9.54. The van der Waals surface area contributed by atoms with Gasteiger partial charge in [0.05, 0.1) is 0 Å². The number of hydrogen-bond donors (Lipinski definition) is 1. The molecule has 112 valence electrons. The molecule has 0 radical (unpaired) electrons. The molecule has 4 nitrogen and oxygen atoms in total. The summed E-state index contributed by atoms with van der Waals surface area (Å²) in [6.07, 6.45) is 0. The Morgan fingerprint density at radius 1 is 1.15 bits per heavy atom. The summed E-state index contributed by atoms with van der Waals surface area (Å²) in [7, 11) is 4.27. The summed E-state index contributed by atoms with van der Waals surface area (Å²) in [4.78, 5) is 7.30. The number of halogens is 1. The van der Waals surface area contributed by atoms with Gasteiger partial charge in [-0.15, -0.1) is 0 Å². The molecule has 1 heterocycles. The van der Waals surface area contributed by atoms with Gasteiger partial charge in [-0.1, -0.05) is 15.9 Å². The number of likely N-dealkylation sites (N-methyl/N-ethyl adjacent to an activating group) is 1. The Bertz CT molecular complexity index is 428. The van der Waals surface area contributed by atoms with E-state index in [1.165, 1.54) is 12.1 Å². The van der Waals surface area contributed by atoms with Crippen molar-refractivity contribution in [1.82, 2.24) is 14.7 Å². The maximum absolute atomic E-state index is 5.87. The fourth-order valence-corrected chi connectivity index (χ4v) is 2.84. The first-order valence-corrected chi connectivity index (χ1v) is 7.97. The highest BCUT2D eigenvalue weighted by atomic mass is 79.9. The summed E-state index contributed by atoms with van der Waals surface area (Å²) >= 11 is 3.61. The molecule has 1 fully saturated rings. The van der Waals surface area contributed by atoms with E-state index in [0.29, 0.717) is 0 Å². The van der Waals surface area contributed by atoms with Crippen LogP contribution in [-0.4, -0.2) is 68.1 Å². The molecule has 0 saturated carbocycles. The van der Waals surface area contributed by atoms with E-state index in [1.807, 2.05) is 12.1 Å². The van der Waals surface area contributed by atoms with Crippen molar-refractivity contribution in [3.8, 4) is 0 Å². The Kier molecular flexibility index (Phi) is 5.84. The van der Waals surface area contributed by atoms with Gasteiger partial charge in [-0.25, -0.2) is 0 Å². The van der Waals surface area contributed by atoms with Gasteiger partial charge in [0.15, 0.2) is 0 Å². The first kappa shape index (κ1) is 15.8. The van der Waals surface area contributed by atoms with Crippen molar-refractivity contribution in [3.05, 3.63) is 28.2 Å². The third-order valence-corrected chi connectivity index (χ3v) is 4.57. The van der Waals surface area contributed by atoms with Crippen molar-refractivity contribution in [2.45, 2.75) is 6.54 Å². The van der Waals surface area contributed by atoms with E-state index in [2.05, 4.69) is 50.8 Å². The number of hydrogen-bond acceptors (Lipinski definition) is 4. The SMILES string of the molecule is CN(C)CCN1CCN(Cc2cc(N)ccc2Br)CC1. The second kappa shape index (κ2) is 7.41. The van der Waals surface area contributed by atoms with Gasteiger partial charge in [0.25, 0.3) is 0 Å². The topological polar surface area (TPSA) is 35.7 Å². The molecule has 20 heavy (non-hydrogen) atoms. The number of benzene rings is 1. The van der Waals surface area contributed by atoms with Crippen molar-refractivity contribution < 1.29 is 0 Å². The highest BCUT2D eigenvalue weighted by Crippen LogP contribution is 2.21. The predicted molar refractivity (Wildman–Crippen MR) is 88.8 cm³/mol. The zero-order chi connectivity index (χ0) is 14.5. The monoisotopic (exact) mass is 340 g/mol. The molecule has 0 atom stereocenters. The molecule has 5 heteroatoms. The van der Waals surface area contributed by atoms with Crippen molar-refractivity contribution in [2.24, 2.45) is 0 Å². The molecule has 2 N–H and O–H groups in total. The molecule has 0 spiro atoms. The van der Waals surface area contributed by atoms with E-state index in [1.54, 1.807) is 0 Å². The van der Waals surface area contributed by atoms with Gasteiger partial charge in [-0.05, 0) is 37.9 Å². The number of nitrogen functional groups attached to an aromatic ring is 1. The van der Waals surface area contributed by atoms with Crippen LogP contribution in [0, 0.1) is 0 Å². The molecule has 1 aromatic carbocycles. The molecule has 0 unspecified atom stereocenters. The summed E-state index contributed by atoms with van der Waals surface area (Å²) in [6.45, 7) is 7.88. The molecule has 1 aromatic rings. The Labute approximate surface area is 130 Å². The number of nitrogens with two attached hydrogens (primary N) is 1. The Balaban J connectivity index is 1.81. The highest BCUT2D eigenvalue weighted by Gasteiger charge is 2.17. The normalized spacial score (nSPS) is 17.8. The minimum atomic E-state index is 0.841. The fraction of sp³-hybridized carbons (Fsp3) is 0.600. The van der Waals surface area contributed by atoms with Gasteiger partial charge >= 0.3 is 0 Å². The van der Waals surface area contributed by atoms with E-state index in [9.17, 15) is 0 Å². The van der Waals surface area contributed by atoms with Crippen LogP contribution in [0.15, 0.2) is 22.7 Å². The fourth-order valence-electron chi connectivity index (χ4n) is 2.47. The molecule has 1 aliphatic heterocycles. The van der Waals surface area contributed by atoms with Crippen LogP contribution in [0.3, 0.4) is 0 Å². The number of nitrogens with zero attached hydrogens (tertiary/aromatic N) is 3. The lowest BCUT2D eigenvalue weighted by Gasteiger charge is -2.35. The van der Waals surface area contributed by atoms with Crippen LogP contribution >= 0.6 is 15.9 Å². The third-order valence-electron chi connectivity index (χ3n) is 3.79. The maximum Gasteiger partial charge on any atom is 0.0318 e. The molecule has 1 aliphatic rings. The van der Waals surface area contributed by atoms with Crippen molar-refractivity contribution in [3.63, 3.8) is 0 Å². The smallest absolute Gasteiger partial charge is 0.0318 e. The Morgan fingerprint density at radius 3 is 2.45 bits per heavy atom. The van der Waals surface area contributed by atoms with Crippen molar-refractivity contribution in [1.29, 1.82) is 0 Å². The van der Waals surface area contributed by atoms with Crippen LogP contribution < -0.4 is 5.73 Å². The predicted octanol–water partition coefficient (Wildman–Crippen LogP) is 1.71. The Morgan fingerprint density at radius 2 is 1.80 bits per heavy atom. The number of piperazine rings is 1.